The molecule has 5 amide bonds. The molecule has 4 rings (SSSR count). The third-order valence-electron chi connectivity index (χ3n) is 7.35. The molecule has 2 heterocycles. The summed E-state index contributed by atoms with van der Waals surface area (Å²) in [6.45, 7) is 2.65. The van der Waals surface area contributed by atoms with Crippen LogP contribution in [0.15, 0.2) is 24.3 Å². The molecule has 0 unspecified atom stereocenters. The van der Waals surface area contributed by atoms with Crippen LogP contribution in [0.2, 0.25) is 0 Å². The average molecular weight is 498 g/mol. The summed E-state index contributed by atoms with van der Waals surface area (Å²) in [6, 6.07) is 4.71. The predicted molar refractivity (Wildman–Crippen MR) is 133 cm³/mol. The van der Waals surface area contributed by atoms with Gasteiger partial charge in [-0.15, -0.1) is 0 Å². The lowest BCUT2D eigenvalue weighted by Crippen LogP contribution is -2.64. The Kier molecular flexibility index (Phi) is 8.22. The van der Waals surface area contributed by atoms with E-state index in [0.29, 0.717) is 30.8 Å². The van der Waals surface area contributed by atoms with Gasteiger partial charge in [-0.3, -0.25) is 19.2 Å². The minimum atomic E-state index is -0.867. The van der Waals surface area contributed by atoms with Gasteiger partial charge in [0, 0.05) is 36.8 Å². The Balaban J connectivity index is 1.46. The summed E-state index contributed by atoms with van der Waals surface area (Å²) in [6.07, 6.45) is 6.06. The number of carbonyl (C=O) groups is 5. The van der Waals surface area contributed by atoms with Crippen molar-refractivity contribution in [2.45, 2.75) is 64.0 Å². The van der Waals surface area contributed by atoms with Gasteiger partial charge in [-0.2, -0.15) is 0 Å². The highest BCUT2D eigenvalue weighted by Crippen LogP contribution is 2.27. The third kappa shape index (κ3) is 6.03. The summed E-state index contributed by atoms with van der Waals surface area (Å²) in [5.74, 6) is -0.842. The normalized spacial score (nSPS) is 23.0. The zero-order valence-corrected chi connectivity index (χ0v) is 20.8. The maximum absolute atomic E-state index is 13.4. The van der Waals surface area contributed by atoms with Crippen LogP contribution in [-0.4, -0.2) is 77.6 Å². The van der Waals surface area contributed by atoms with Gasteiger partial charge in [-0.05, 0) is 56.9 Å². The molecule has 3 aliphatic rings. The molecule has 1 saturated carbocycles. The molecule has 2 aliphatic heterocycles. The fourth-order valence-electron chi connectivity index (χ4n) is 5.21. The number of anilines is 1. The first kappa shape index (κ1) is 25.7. The van der Waals surface area contributed by atoms with Crippen molar-refractivity contribution in [3.63, 3.8) is 0 Å². The van der Waals surface area contributed by atoms with Gasteiger partial charge in [0.1, 0.15) is 12.1 Å². The number of Topliss-reactive ketones (excluding diaryl/α,β-unsaturated/α-hetero) is 1. The second kappa shape index (κ2) is 11.5. The van der Waals surface area contributed by atoms with Crippen molar-refractivity contribution in [2.75, 3.05) is 31.5 Å². The molecule has 0 spiro atoms. The van der Waals surface area contributed by atoms with Crippen LogP contribution < -0.4 is 16.0 Å². The van der Waals surface area contributed by atoms with E-state index in [1.807, 2.05) is 0 Å². The Morgan fingerprint density at radius 3 is 2.33 bits per heavy atom. The molecule has 2 saturated heterocycles. The smallest absolute Gasteiger partial charge is 0.321 e. The van der Waals surface area contributed by atoms with Crippen molar-refractivity contribution in [1.29, 1.82) is 0 Å². The Bertz CT molecular complexity index is 1000. The van der Waals surface area contributed by atoms with Gasteiger partial charge in [-0.25, -0.2) is 4.79 Å². The van der Waals surface area contributed by atoms with Crippen LogP contribution >= 0.6 is 0 Å². The molecule has 10 heteroatoms. The average Bonchev–Trinajstić information content (AvgIpc) is 2.90. The molecule has 2 atom stereocenters. The second-order valence-corrected chi connectivity index (χ2v) is 9.89. The zero-order valence-electron chi connectivity index (χ0n) is 20.8. The van der Waals surface area contributed by atoms with Gasteiger partial charge in [0.05, 0.1) is 6.54 Å². The van der Waals surface area contributed by atoms with Crippen molar-refractivity contribution in [1.82, 2.24) is 20.4 Å². The van der Waals surface area contributed by atoms with Crippen molar-refractivity contribution in [2.24, 2.45) is 5.92 Å². The van der Waals surface area contributed by atoms with Crippen LogP contribution in [-0.2, 0) is 14.4 Å². The van der Waals surface area contributed by atoms with E-state index in [0.717, 1.165) is 38.5 Å². The first-order valence-corrected chi connectivity index (χ1v) is 12.9. The first-order valence-electron chi connectivity index (χ1n) is 12.9. The van der Waals surface area contributed by atoms with Gasteiger partial charge in [0.2, 0.25) is 17.7 Å². The molecule has 3 N–H and O–H groups in total. The number of piperidine rings is 1. The van der Waals surface area contributed by atoms with E-state index < -0.39 is 18.0 Å². The van der Waals surface area contributed by atoms with E-state index in [-0.39, 0.29) is 42.6 Å². The first-order chi connectivity index (χ1) is 17.3. The summed E-state index contributed by atoms with van der Waals surface area (Å²) >= 11 is 0. The number of urea groups is 1. The molecule has 0 bridgehead atoms. The minimum Gasteiger partial charge on any atom is -0.354 e. The quantitative estimate of drug-likeness (QED) is 0.536. The number of nitrogens with zero attached hydrogens (tertiary/aromatic N) is 2. The molecule has 10 nitrogen and oxygen atoms in total. The van der Waals surface area contributed by atoms with Crippen LogP contribution in [0, 0.1) is 5.92 Å². The van der Waals surface area contributed by atoms with E-state index in [1.54, 1.807) is 29.2 Å². The number of hydrogen-bond acceptors (Lipinski definition) is 5. The fourth-order valence-corrected chi connectivity index (χ4v) is 5.21. The highest BCUT2D eigenvalue weighted by molar-refractivity contribution is 5.96. The second-order valence-electron chi connectivity index (χ2n) is 9.89. The maximum Gasteiger partial charge on any atom is 0.321 e. The topological polar surface area (TPSA) is 128 Å². The fraction of sp³-hybridized carbons (Fsp3) is 0.577. The van der Waals surface area contributed by atoms with Gasteiger partial charge in [-0.1, -0.05) is 19.3 Å². The Labute approximate surface area is 211 Å². The van der Waals surface area contributed by atoms with Gasteiger partial charge >= 0.3 is 6.03 Å². The van der Waals surface area contributed by atoms with Crippen LogP contribution in [0.4, 0.5) is 10.5 Å². The Morgan fingerprint density at radius 2 is 1.67 bits per heavy atom. The van der Waals surface area contributed by atoms with Crippen LogP contribution in [0.25, 0.3) is 0 Å². The summed E-state index contributed by atoms with van der Waals surface area (Å²) < 4.78 is 0. The largest absolute Gasteiger partial charge is 0.354 e. The van der Waals surface area contributed by atoms with E-state index in [9.17, 15) is 24.0 Å². The number of carbonyl (C=O) groups excluding carboxylic acids is 5. The zero-order chi connectivity index (χ0) is 25.7. The standard InChI is InChI=1S/C26H35N5O5/c1-17(32)18-9-11-20(12-10-18)28-26(36)30-14-15-31(25(35)19-6-3-2-4-7-19)22(16-30)24(34)29-21-8-5-13-27-23(21)33/h9-12,19,21-22H,2-8,13-16H2,1H3,(H,27,33)(H,28,36)(H,29,34)/t21-,22+/m0/s1. The monoisotopic (exact) mass is 497 g/mol. The number of amides is 5. The molecule has 1 aliphatic carbocycles. The molecule has 194 valence electrons. The maximum atomic E-state index is 13.4. The van der Waals surface area contributed by atoms with Crippen molar-refractivity contribution in [3.8, 4) is 0 Å². The van der Waals surface area contributed by atoms with Crippen LogP contribution in [0.5, 0.6) is 0 Å². The highest BCUT2D eigenvalue weighted by atomic mass is 16.2. The molecule has 0 radical (unpaired) electrons. The molecular weight excluding hydrogens is 462 g/mol. The van der Waals surface area contributed by atoms with Gasteiger partial charge < -0.3 is 25.8 Å². The number of piperazine rings is 1. The summed E-state index contributed by atoms with van der Waals surface area (Å²) in [7, 11) is 0. The number of ketones is 1. The van der Waals surface area contributed by atoms with E-state index in [2.05, 4.69) is 16.0 Å². The van der Waals surface area contributed by atoms with Crippen molar-refractivity contribution >= 4 is 35.2 Å². The number of nitrogens with one attached hydrogen (secondary N) is 3. The van der Waals surface area contributed by atoms with E-state index in [4.69, 9.17) is 0 Å². The molecule has 1 aromatic rings. The molecule has 36 heavy (non-hydrogen) atoms. The van der Waals surface area contributed by atoms with Gasteiger partial charge in [0.25, 0.3) is 0 Å². The lowest BCUT2D eigenvalue weighted by molar-refractivity contribution is -0.147. The lowest BCUT2D eigenvalue weighted by atomic mass is 9.87. The Morgan fingerprint density at radius 1 is 0.944 bits per heavy atom. The van der Waals surface area contributed by atoms with Gasteiger partial charge in [0.15, 0.2) is 5.78 Å². The Hall–Kier alpha value is -3.43. The number of hydrogen-bond donors (Lipinski definition) is 3. The number of rotatable bonds is 5. The van der Waals surface area contributed by atoms with E-state index >= 15 is 0 Å². The van der Waals surface area contributed by atoms with Crippen LogP contribution in [0.1, 0.15) is 62.2 Å². The molecule has 0 aromatic heterocycles. The summed E-state index contributed by atoms with van der Waals surface area (Å²) in [5.41, 5.74) is 1.08. The molecule has 3 fully saturated rings. The molecule has 1 aromatic carbocycles. The summed E-state index contributed by atoms with van der Waals surface area (Å²) in [4.78, 5) is 66.6. The molecular formula is C26H35N5O5. The highest BCUT2D eigenvalue weighted by Gasteiger charge is 2.40. The van der Waals surface area contributed by atoms with E-state index in [1.165, 1.54) is 11.8 Å². The van der Waals surface area contributed by atoms with Crippen molar-refractivity contribution in [3.05, 3.63) is 29.8 Å². The SMILES string of the molecule is CC(=O)c1ccc(NC(=O)N2CCN(C(=O)C3CCCCC3)[C@@H](C(=O)N[C@H]3CCCNC3=O)C2)cc1. The minimum absolute atomic E-state index is 0.0377. The lowest BCUT2D eigenvalue weighted by Gasteiger charge is -2.42. The van der Waals surface area contributed by atoms with Crippen molar-refractivity contribution < 1.29 is 24.0 Å². The third-order valence-corrected chi connectivity index (χ3v) is 7.35. The number of benzene rings is 1. The van der Waals surface area contributed by atoms with Crippen LogP contribution in [0.3, 0.4) is 0 Å². The summed E-state index contributed by atoms with van der Waals surface area (Å²) in [5, 5.41) is 8.39. The predicted octanol–water partition coefficient (Wildman–Crippen LogP) is 1.91.